The topological polar surface area (TPSA) is 104 Å². The van der Waals surface area contributed by atoms with E-state index in [1.165, 1.54) is 0 Å². The molecular weight excluding hydrogens is 322 g/mol. The fraction of sp³-hybridized carbons (Fsp3) is 0.562. The smallest absolute Gasteiger partial charge is 0.255 e. The predicted octanol–water partition coefficient (Wildman–Crippen LogP) is 2.16. The van der Waals surface area contributed by atoms with Gasteiger partial charge in [-0.2, -0.15) is 10.1 Å². The van der Waals surface area contributed by atoms with Gasteiger partial charge in [0.25, 0.3) is 5.89 Å². The maximum absolute atomic E-state index is 5.57. The highest BCUT2D eigenvalue weighted by molar-refractivity contribution is 5.86. The van der Waals surface area contributed by atoms with Crippen molar-refractivity contribution in [2.24, 2.45) is 7.05 Å². The monoisotopic (exact) mass is 343 g/mol. The van der Waals surface area contributed by atoms with E-state index < -0.39 is 0 Å². The highest BCUT2D eigenvalue weighted by Crippen LogP contribution is 2.27. The van der Waals surface area contributed by atoms with E-state index in [1.807, 2.05) is 7.05 Å². The molecule has 4 heterocycles. The molecule has 25 heavy (non-hydrogen) atoms. The molecule has 9 nitrogen and oxygen atoms in total. The maximum Gasteiger partial charge on any atom is 0.255 e. The zero-order chi connectivity index (χ0) is 17.2. The van der Waals surface area contributed by atoms with E-state index in [0.717, 1.165) is 55.0 Å². The Morgan fingerprint density at radius 3 is 3.00 bits per heavy atom. The Morgan fingerprint density at radius 1 is 1.28 bits per heavy atom. The second-order valence-corrected chi connectivity index (χ2v) is 6.15. The summed E-state index contributed by atoms with van der Waals surface area (Å²) in [5.74, 6) is 2.67. The Balaban J connectivity index is 1.54. The first-order valence-corrected chi connectivity index (χ1v) is 8.61. The minimum Gasteiger partial charge on any atom is -0.368 e. The summed E-state index contributed by atoms with van der Waals surface area (Å²) in [4.78, 5) is 13.6. The van der Waals surface area contributed by atoms with Gasteiger partial charge in [0.05, 0.1) is 18.1 Å². The number of anilines is 1. The molecule has 0 aromatic carbocycles. The van der Waals surface area contributed by atoms with Crippen molar-refractivity contribution < 1.29 is 9.26 Å². The fourth-order valence-corrected chi connectivity index (χ4v) is 2.94. The lowest BCUT2D eigenvalue weighted by Crippen LogP contribution is -2.07. The molecule has 0 saturated carbocycles. The molecule has 132 valence electrons. The van der Waals surface area contributed by atoms with Gasteiger partial charge in [0.2, 0.25) is 0 Å². The molecule has 1 N–H and O–H groups in total. The summed E-state index contributed by atoms with van der Waals surface area (Å²) in [6.07, 6.45) is 5.46. The summed E-state index contributed by atoms with van der Waals surface area (Å²) in [6.45, 7) is 3.28. The summed E-state index contributed by atoms with van der Waals surface area (Å²) < 4.78 is 12.6. The molecule has 1 atom stereocenters. The number of nitrogens with one attached hydrogen (secondary N) is 1. The minimum absolute atomic E-state index is 0.0681. The van der Waals surface area contributed by atoms with Crippen LogP contribution in [0.2, 0.25) is 0 Å². The van der Waals surface area contributed by atoms with E-state index in [-0.39, 0.29) is 6.10 Å². The van der Waals surface area contributed by atoms with Crippen LogP contribution in [0.1, 0.15) is 49.8 Å². The summed E-state index contributed by atoms with van der Waals surface area (Å²) in [5, 5.41) is 12.5. The Bertz CT molecular complexity index is 867. The van der Waals surface area contributed by atoms with E-state index in [4.69, 9.17) is 9.26 Å². The molecular formula is C16H21N7O2. The van der Waals surface area contributed by atoms with Crippen molar-refractivity contribution in [1.82, 2.24) is 29.9 Å². The number of hydrogen-bond donors (Lipinski definition) is 1. The van der Waals surface area contributed by atoms with Gasteiger partial charge in [-0.15, -0.1) is 0 Å². The third-order valence-electron chi connectivity index (χ3n) is 4.21. The van der Waals surface area contributed by atoms with E-state index in [1.54, 1.807) is 10.9 Å². The number of aryl methyl sites for hydroxylation is 2. The molecule has 1 saturated heterocycles. The van der Waals surface area contributed by atoms with Gasteiger partial charge in [-0.05, 0) is 19.3 Å². The SMILES string of the molecule is CCCc1nc(NCc2noc([C@H]3CCCO3)n2)c2cnn(C)c2n1. The van der Waals surface area contributed by atoms with Crippen LogP contribution >= 0.6 is 0 Å². The largest absolute Gasteiger partial charge is 0.368 e. The molecule has 3 aromatic heterocycles. The number of fused-ring (bicyclic) bond motifs is 1. The van der Waals surface area contributed by atoms with Crippen LogP contribution in [-0.2, 0) is 24.8 Å². The van der Waals surface area contributed by atoms with Gasteiger partial charge in [0, 0.05) is 20.1 Å². The standard InChI is InChI=1S/C16H21N7O2/c1-3-5-12-19-14(10-8-18-23(2)15(10)20-12)17-9-13-21-16(25-22-13)11-6-4-7-24-11/h8,11H,3-7,9H2,1-2H3,(H,17,19,20)/t11-/m1/s1. The van der Waals surface area contributed by atoms with E-state index in [9.17, 15) is 0 Å². The van der Waals surface area contributed by atoms with Crippen LogP contribution in [0.4, 0.5) is 5.82 Å². The second kappa shape index (κ2) is 6.75. The Labute approximate surface area is 144 Å². The van der Waals surface area contributed by atoms with E-state index in [2.05, 4.69) is 37.4 Å². The number of nitrogens with zero attached hydrogens (tertiary/aromatic N) is 6. The number of ether oxygens (including phenoxy) is 1. The molecule has 0 bridgehead atoms. The van der Waals surface area contributed by atoms with Crippen molar-refractivity contribution in [2.45, 2.75) is 45.3 Å². The lowest BCUT2D eigenvalue weighted by atomic mass is 10.2. The molecule has 9 heteroatoms. The van der Waals surface area contributed by atoms with Crippen molar-refractivity contribution in [3.05, 3.63) is 23.7 Å². The first-order valence-electron chi connectivity index (χ1n) is 8.61. The molecule has 3 aromatic rings. The number of rotatable bonds is 6. The summed E-state index contributed by atoms with van der Waals surface area (Å²) >= 11 is 0. The number of aromatic nitrogens is 6. The van der Waals surface area contributed by atoms with E-state index in [0.29, 0.717) is 18.3 Å². The maximum atomic E-state index is 5.57. The van der Waals surface area contributed by atoms with Crippen molar-refractivity contribution >= 4 is 16.9 Å². The normalized spacial score (nSPS) is 17.4. The summed E-state index contributed by atoms with van der Waals surface area (Å²) in [7, 11) is 1.88. The summed E-state index contributed by atoms with van der Waals surface area (Å²) in [5.41, 5.74) is 0.814. The van der Waals surface area contributed by atoms with Crippen LogP contribution in [0.15, 0.2) is 10.7 Å². The first kappa shape index (κ1) is 15.9. The van der Waals surface area contributed by atoms with Gasteiger partial charge in [-0.3, -0.25) is 4.68 Å². The first-order chi connectivity index (χ1) is 12.2. The number of hydrogen-bond acceptors (Lipinski definition) is 8. The van der Waals surface area contributed by atoms with Gasteiger partial charge in [0.1, 0.15) is 17.7 Å². The molecule has 0 unspecified atom stereocenters. The van der Waals surface area contributed by atoms with E-state index >= 15 is 0 Å². The lowest BCUT2D eigenvalue weighted by molar-refractivity contribution is 0.0835. The van der Waals surface area contributed by atoms with Crippen molar-refractivity contribution in [3.63, 3.8) is 0 Å². The molecule has 1 aliphatic heterocycles. The van der Waals surface area contributed by atoms with Crippen LogP contribution in [-0.4, -0.2) is 36.5 Å². The van der Waals surface area contributed by atoms with Crippen molar-refractivity contribution in [1.29, 1.82) is 0 Å². The molecule has 1 fully saturated rings. The van der Waals surface area contributed by atoms with Crippen LogP contribution in [0.25, 0.3) is 11.0 Å². The fourth-order valence-electron chi connectivity index (χ4n) is 2.94. The van der Waals surface area contributed by atoms with Crippen molar-refractivity contribution in [2.75, 3.05) is 11.9 Å². The average molecular weight is 343 g/mol. The second-order valence-electron chi connectivity index (χ2n) is 6.15. The average Bonchev–Trinajstić information content (AvgIpc) is 3.34. The molecule has 0 amide bonds. The lowest BCUT2D eigenvalue weighted by Gasteiger charge is -2.07. The highest BCUT2D eigenvalue weighted by Gasteiger charge is 2.23. The predicted molar refractivity (Wildman–Crippen MR) is 89.9 cm³/mol. The minimum atomic E-state index is -0.0681. The Kier molecular flexibility index (Phi) is 4.31. The van der Waals surface area contributed by atoms with Crippen LogP contribution in [0, 0.1) is 0 Å². The zero-order valence-electron chi connectivity index (χ0n) is 14.4. The third-order valence-corrected chi connectivity index (χ3v) is 4.21. The quantitative estimate of drug-likeness (QED) is 0.726. The van der Waals surface area contributed by atoms with Gasteiger partial charge in [-0.25, -0.2) is 9.97 Å². The molecule has 0 spiro atoms. The van der Waals surface area contributed by atoms with Gasteiger partial charge >= 0.3 is 0 Å². The van der Waals surface area contributed by atoms with Crippen LogP contribution < -0.4 is 5.32 Å². The highest BCUT2D eigenvalue weighted by atomic mass is 16.5. The third kappa shape index (κ3) is 3.19. The van der Waals surface area contributed by atoms with Crippen LogP contribution in [0.5, 0.6) is 0 Å². The van der Waals surface area contributed by atoms with Crippen LogP contribution in [0.3, 0.4) is 0 Å². The van der Waals surface area contributed by atoms with Gasteiger partial charge < -0.3 is 14.6 Å². The molecule has 1 aliphatic rings. The molecule has 0 radical (unpaired) electrons. The van der Waals surface area contributed by atoms with Crippen molar-refractivity contribution in [3.8, 4) is 0 Å². The molecule has 4 rings (SSSR count). The Morgan fingerprint density at radius 2 is 2.20 bits per heavy atom. The van der Waals surface area contributed by atoms with Gasteiger partial charge in [-0.1, -0.05) is 12.1 Å². The zero-order valence-corrected chi connectivity index (χ0v) is 14.4. The Hall–Kier alpha value is -2.55. The van der Waals surface area contributed by atoms with Gasteiger partial charge in [0.15, 0.2) is 11.5 Å². The molecule has 0 aliphatic carbocycles. The summed E-state index contributed by atoms with van der Waals surface area (Å²) in [6, 6.07) is 0.